The van der Waals surface area contributed by atoms with Crippen molar-refractivity contribution in [2.75, 3.05) is 19.7 Å². The van der Waals surface area contributed by atoms with Gasteiger partial charge in [0.15, 0.2) is 6.10 Å². The van der Waals surface area contributed by atoms with Crippen molar-refractivity contribution in [1.82, 2.24) is 10.2 Å². The molecule has 0 bridgehead atoms. The van der Waals surface area contributed by atoms with E-state index in [-0.39, 0.29) is 25.2 Å². The van der Waals surface area contributed by atoms with Crippen LogP contribution in [-0.2, 0) is 9.53 Å². The molecule has 1 saturated carbocycles. The van der Waals surface area contributed by atoms with Gasteiger partial charge in [-0.15, -0.1) is 0 Å². The van der Waals surface area contributed by atoms with Gasteiger partial charge >= 0.3 is 12.0 Å². The average Bonchev–Trinajstić information content (AvgIpc) is 2.64. The second-order valence-corrected chi connectivity index (χ2v) is 5.81. The molecule has 2 amide bonds. The monoisotopic (exact) mass is 284 g/mol. The second kappa shape index (κ2) is 6.92. The van der Waals surface area contributed by atoms with Crippen molar-refractivity contribution in [1.29, 1.82) is 0 Å². The minimum absolute atomic E-state index is 0.127. The first-order valence-electron chi connectivity index (χ1n) is 7.48. The summed E-state index contributed by atoms with van der Waals surface area (Å²) in [4.78, 5) is 24.7. The van der Waals surface area contributed by atoms with Crippen LogP contribution in [0, 0.1) is 5.92 Å². The van der Waals surface area contributed by atoms with Crippen LogP contribution in [0.25, 0.3) is 0 Å². The van der Waals surface area contributed by atoms with Gasteiger partial charge in [-0.1, -0.05) is 26.2 Å². The van der Waals surface area contributed by atoms with E-state index in [0.717, 1.165) is 19.3 Å². The summed E-state index contributed by atoms with van der Waals surface area (Å²) in [7, 11) is 0. The molecule has 2 fully saturated rings. The van der Waals surface area contributed by atoms with E-state index in [1.807, 2.05) is 0 Å². The molecule has 2 rings (SSSR count). The van der Waals surface area contributed by atoms with E-state index in [9.17, 15) is 9.59 Å². The van der Waals surface area contributed by atoms with Gasteiger partial charge in [0.05, 0.1) is 13.2 Å². The maximum atomic E-state index is 12.3. The molecular formula is C14H24N2O4. The Morgan fingerprint density at radius 3 is 2.75 bits per heavy atom. The molecule has 1 aliphatic heterocycles. The molecule has 6 heteroatoms. The Kier molecular flexibility index (Phi) is 5.23. The van der Waals surface area contributed by atoms with Crippen LogP contribution in [0.4, 0.5) is 4.79 Å². The number of carboxylic acid groups (broad SMARTS) is 1. The van der Waals surface area contributed by atoms with Crippen molar-refractivity contribution in [3.05, 3.63) is 0 Å². The Balaban J connectivity index is 1.88. The van der Waals surface area contributed by atoms with Crippen LogP contribution in [0.2, 0.25) is 0 Å². The first kappa shape index (κ1) is 15.1. The molecule has 0 radical (unpaired) electrons. The molecule has 1 saturated heterocycles. The number of carbonyl (C=O) groups excluding carboxylic acids is 1. The lowest BCUT2D eigenvalue weighted by atomic mass is 9.97. The zero-order valence-electron chi connectivity index (χ0n) is 12.0. The van der Waals surface area contributed by atoms with E-state index >= 15 is 0 Å². The lowest BCUT2D eigenvalue weighted by Crippen LogP contribution is -2.54. The predicted molar refractivity (Wildman–Crippen MR) is 73.5 cm³/mol. The number of carbonyl (C=O) groups is 2. The molecule has 0 aromatic heterocycles. The minimum atomic E-state index is -1.01. The number of amides is 2. The lowest BCUT2D eigenvalue weighted by Gasteiger charge is -2.33. The van der Waals surface area contributed by atoms with Crippen LogP contribution in [0.15, 0.2) is 0 Å². The van der Waals surface area contributed by atoms with Crippen LogP contribution >= 0.6 is 0 Å². The Hall–Kier alpha value is -1.30. The van der Waals surface area contributed by atoms with E-state index in [2.05, 4.69) is 12.2 Å². The molecule has 0 aromatic rings. The number of rotatable bonds is 2. The van der Waals surface area contributed by atoms with Gasteiger partial charge in [-0.2, -0.15) is 0 Å². The lowest BCUT2D eigenvalue weighted by molar-refractivity contribution is -0.154. The van der Waals surface area contributed by atoms with Gasteiger partial charge in [0.25, 0.3) is 0 Å². The average molecular weight is 284 g/mol. The third kappa shape index (κ3) is 3.85. The summed E-state index contributed by atoms with van der Waals surface area (Å²) in [6.07, 6.45) is 4.87. The second-order valence-electron chi connectivity index (χ2n) is 5.81. The molecule has 6 nitrogen and oxygen atoms in total. The van der Waals surface area contributed by atoms with Gasteiger partial charge in [-0.25, -0.2) is 9.59 Å². The van der Waals surface area contributed by atoms with Crippen molar-refractivity contribution in [2.24, 2.45) is 5.92 Å². The van der Waals surface area contributed by atoms with Crippen LogP contribution in [0.5, 0.6) is 0 Å². The summed E-state index contributed by atoms with van der Waals surface area (Å²) in [6.45, 7) is 3.04. The molecule has 0 spiro atoms. The third-order valence-electron chi connectivity index (χ3n) is 4.30. The van der Waals surface area contributed by atoms with Gasteiger partial charge in [0.2, 0.25) is 0 Å². The Morgan fingerprint density at radius 1 is 1.25 bits per heavy atom. The van der Waals surface area contributed by atoms with Crippen LogP contribution in [-0.4, -0.2) is 53.8 Å². The molecule has 2 aliphatic rings. The molecule has 114 valence electrons. The highest BCUT2D eigenvalue weighted by molar-refractivity contribution is 5.77. The SMILES string of the molecule is CC1CCCCCC1NC(=O)N1CCOC(C(=O)O)C1. The molecule has 20 heavy (non-hydrogen) atoms. The Bertz CT molecular complexity index is 361. The summed E-state index contributed by atoms with van der Waals surface area (Å²) in [5.41, 5.74) is 0. The maximum Gasteiger partial charge on any atom is 0.334 e. The molecular weight excluding hydrogens is 260 g/mol. The van der Waals surface area contributed by atoms with Crippen LogP contribution in [0.3, 0.4) is 0 Å². The molecule has 3 unspecified atom stereocenters. The first-order chi connectivity index (χ1) is 9.58. The van der Waals surface area contributed by atoms with E-state index < -0.39 is 12.1 Å². The summed E-state index contributed by atoms with van der Waals surface area (Å²) in [5.74, 6) is -0.525. The highest BCUT2D eigenvalue weighted by atomic mass is 16.5. The van der Waals surface area contributed by atoms with E-state index in [1.165, 1.54) is 12.8 Å². The largest absolute Gasteiger partial charge is 0.479 e. The molecule has 1 heterocycles. The first-order valence-corrected chi connectivity index (χ1v) is 7.48. The highest BCUT2D eigenvalue weighted by Gasteiger charge is 2.30. The number of aliphatic carboxylic acids is 1. The van der Waals surface area contributed by atoms with Crippen molar-refractivity contribution < 1.29 is 19.4 Å². The van der Waals surface area contributed by atoms with Crippen molar-refractivity contribution in [3.63, 3.8) is 0 Å². The fourth-order valence-electron chi connectivity index (χ4n) is 2.94. The quantitative estimate of drug-likeness (QED) is 0.752. The summed E-state index contributed by atoms with van der Waals surface area (Å²) in [6, 6.07) is 0.0504. The van der Waals surface area contributed by atoms with Gasteiger partial charge in [-0.05, 0) is 18.8 Å². The third-order valence-corrected chi connectivity index (χ3v) is 4.30. The predicted octanol–water partition coefficient (Wildman–Crippen LogP) is 1.45. The summed E-state index contributed by atoms with van der Waals surface area (Å²) < 4.78 is 5.13. The number of carboxylic acids is 1. The number of ether oxygens (including phenoxy) is 1. The number of hydrogen-bond acceptors (Lipinski definition) is 3. The van der Waals surface area contributed by atoms with Crippen molar-refractivity contribution >= 4 is 12.0 Å². The van der Waals surface area contributed by atoms with E-state index in [4.69, 9.17) is 9.84 Å². The number of morpholine rings is 1. The zero-order valence-corrected chi connectivity index (χ0v) is 12.0. The summed E-state index contributed by atoms with van der Waals surface area (Å²) >= 11 is 0. The summed E-state index contributed by atoms with van der Waals surface area (Å²) in [5, 5.41) is 12.0. The maximum absolute atomic E-state index is 12.3. The smallest absolute Gasteiger partial charge is 0.334 e. The van der Waals surface area contributed by atoms with E-state index in [1.54, 1.807) is 4.90 Å². The normalized spacial score (nSPS) is 31.4. The van der Waals surface area contributed by atoms with E-state index in [0.29, 0.717) is 12.5 Å². The number of hydrogen-bond donors (Lipinski definition) is 2. The Labute approximate surface area is 119 Å². The number of nitrogens with zero attached hydrogens (tertiary/aromatic N) is 1. The molecule has 3 atom stereocenters. The minimum Gasteiger partial charge on any atom is -0.479 e. The highest BCUT2D eigenvalue weighted by Crippen LogP contribution is 2.23. The van der Waals surface area contributed by atoms with Crippen LogP contribution < -0.4 is 5.32 Å². The van der Waals surface area contributed by atoms with Crippen molar-refractivity contribution in [2.45, 2.75) is 51.2 Å². The Morgan fingerprint density at radius 2 is 2.00 bits per heavy atom. The zero-order chi connectivity index (χ0) is 14.5. The van der Waals surface area contributed by atoms with Gasteiger partial charge < -0.3 is 20.1 Å². The molecule has 1 aliphatic carbocycles. The number of urea groups is 1. The fourth-order valence-corrected chi connectivity index (χ4v) is 2.94. The van der Waals surface area contributed by atoms with Crippen molar-refractivity contribution in [3.8, 4) is 0 Å². The van der Waals surface area contributed by atoms with Gasteiger partial charge in [0.1, 0.15) is 0 Å². The van der Waals surface area contributed by atoms with Crippen LogP contribution in [0.1, 0.15) is 39.0 Å². The molecule has 2 N–H and O–H groups in total. The topological polar surface area (TPSA) is 78.9 Å². The standard InChI is InChI=1S/C14H24N2O4/c1-10-5-3-2-4-6-11(10)15-14(19)16-7-8-20-12(9-16)13(17)18/h10-12H,2-9H2,1H3,(H,15,19)(H,17,18). The van der Waals surface area contributed by atoms with Gasteiger partial charge in [0, 0.05) is 12.6 Å². The van der Waals surface area contributed by atoms with Gasteiger partial charge in [-0.3, -0.25) is 0 Å². The fraction of sp³-hybridized carbons (Fsp3) is 0.857. The number of nitrogens with one attached hydrogen (secondary N) is 1. The molecule has 0 aromatic carbocycles.